The first-order valence-electron chi connectivity index (χ1n) is 9.77. The predicted octanol–water partition coefficient (Wildman–Crippen LogP) is 3.51. The molecule has 5 heteroatoms. The standard InChI is InChI=1S/C22H26N2O3/c1-26-20-7-5-6-17-12-16(15-27-21(17)20)13-19-9-8-18(14-23-19)22(25)24-10-3-2-4-11-24/h5-9,14,16H,2-4,10-13,15H2,1H3. The number of piperidine rings is 1. The smallest absolute Gasteiger partial charge is 0.255 e. The normalized spacial score (nSPS) is 19.1. The molecule has 5 nitrogen and oxygen atoms in total. The third-order valence-electron chi connectivity index (χ3n) is 5.47. The zero-order valence-electron chi connectivity index (χ0n) is 15.8. The van der Waals surface area contributed by atoms with Gasteiger partial charge in [0.2, 0.25) is 0 Å². The molecule has 4 rings (SSSR count). The van der Waals surface area contributed by atoms with Crippen molar-refractivity contribution >= 4 is 5.91 Å². The summed E-state index contributed by atoms with van der Waals surface area (Å²) in [7, 11) is 1.67. The van der Waals surface area contributed by atoms with Crippen LogP contribution in [0.3, 0.4) is 0 Å². The molecule has 2 aromatic rings. The van der Waals surface area contributed by atoms with Gasteiger partial charge in [0.05, 0.1) is 19.3 Å². The topological polar surface area (TPSA) is 51.7 Å². The molecule has 3 heterocycles. The summed E-state index contributed by atoms with van der Waals surface area (Å²) in [5.41, 5.74) is 2.88. The van der Waals surface area contributed by atoms with E-state index in [2.05, 4.69) is 11.1 Å². The summed E-state index contributed by atoms with van der Waals surface area (Å²) in [5.74, 6) is 2.15. The molecule has 1 fully saturated rings. The first-order chi connectivity index (χ1) is 13.2. The number of fused-ring (bicyclic) bond motifs is 1. The third kappa shape index (κ3) is 3.92. The summed E-state index contributed by atoms with van der Waals surface area (Å²) < 4.78 is 11.3. The highest BCUT2D eigenvalue weighted by Gasteiger charge is 2.24. The number of ether oxygens (including phenoxy) is 2. The van der Waals surface area contributed by atoms with Crippen LogP contribution >= 0.6 is 0 Å². The first-order valence-corrected chi connectivity index (χ1v) is 9.77. The van der Waals surface area contributed by atoms with Gasteiger partial charge in [-0.25, -0.2) is 0 Å². The van der Waals surface area contributed by atoms with Gasteiger partial charge in [-0.05, 0) is 55.9 Å². The van der Waals surface area contributed by atoms with Crippen LogP contribution in [0, 0.1) is 5.92 Å². The van der Waals surface area contributed by atoms with Gasteiger partial charge in [-0.15, -0.1) is 0 Å². The lowest BCUT2D eigenvalue weighted by molar-refractivity contribution is 0.0724. The molecule has 1 atom stereocenters. The number of para-hydroxylation sites is 1. The predicted molar refractivity (Wildman–Crippen MR) is 103 cm³/mol. The van der Waals surface area contributed by atoms with Crippen molar-refractivity contribution in [1.82, 2.24) is 9.88 Å². The summed E-state index contributed by atoms with van der Waals surface area (Å²) in [6.45, 7) is 2.38. The number of carbonyl (C=O) groups excluding carboxylic acids is 1. The number of rotatable bonds is 4. The van der Waals surface area contributed by atoms with Gasteiger partial charge in [0.15, 0.2) is 11.5 Å². The van der Waals surface area contributed by atoms with Crippen molar-refractivity contribution in [2.24, 2.45) is 5.92 Å². The van der Waals surface area contributed by atoms with Crippen LogP contribution in [0.2, 0.25) is 0 Å². The monoisotopic (exact) mass is 366 g/mol. The van der Waals surface area contributed by atoms with Crippen LogP contribution in [0.1, 0.15) is 40.9 Å². The number of aromatic nitrogens is 1. The molecule has 1 saturated heterocycles. The quantitative estimate of drug-likeness (QED) is 0.831. The fourth-order valence-corrected chi connectivity index (χ4v) is 4.00. The number of methoxy groups -OCH3 is 1. The Morgan fingerprint density at radius 3 is 2.81 bits per heavy atom. The van der Waals surface area contributed by atoms with Crippen molar-refractivity contribution in [1.29, 1.82) is 0 Å². The second-order valence-corrected chi connectivity index (χ2v) is 7.42. The Bertz CT molecular complexity index is 798. The number of carbonyl (C=O) groups is 1. The molecule has 0 bridgehead atoms. The van der Waals surface area contributed by atoms with Gasteiger partial charge in [0.25, 0.3) is 5.91 Å². The molecule has 27 heavy (non-hydrogen) atoms. The van der Waals surface area contributed by atoms with E-state index in [4.69, 9.17) is 9.47 Å². The van der Waals surface area contributed by atoms with Gasteiger partial charge >= 0.3 is 0 Å². The van der Waals surface area contributed by atoms with Gasteiger partial charge in [-0.2, -0.15) is 0 Å². The zero-order valence-corrected chi connectivity index (χ0v) is 15.8. The van der Waals surface area contributed by atoms with Crippen LogP contribution in [-0.2, 0) is 12.8 Å². The molecule has 1 unspecified atom stereocenters. The first kappa shape index (κ1) is 17.8. The molecule has 1 aromatic carbocycles. The molecule has 1 amide bonds. The lowest BCUT2D eigenvalue weighted by Crippen LogP contribution is -2.35. The van der Waals surface area contributed by atoms with E-state index in [0.29, 0.717) is 18.1 Å². The van der Waals surface area contributed by atoms with Crippen molar-refractivity contribution in [2.45, 2.75) is 32.1 Å². The van der Waals surface area contributed by atoms with Crippen LogP contribution in [0.4, 0.5) is 0 Å². The van der Waals surface area contributed by atoms with E-state index in [1.54, 1.807) is 13.3 Å². The lowest BCUT2D eigenvalue weighted by Gasteiger charge is -2.27. The van der Waals surface area contributed by atoms with Crippen LogP contribution in [0.25, 0.3) is 0 Å². The van der Waals surface area contributed by atoms with Gasteiger partial charge < -0.3 is 14.4 Å². The highest BCUT2D eigenvalue weighted by molar-refractivity contribution is 5.93. The van der Waals surface area contributed by atoms with E-state index in [1.807, 2.05) is 29.2 Å². The number of amides is 1. The highest BCUT2D eigenvalue weighted by atomic mass is 16.5. The van der Waals surface area contributed by atoms with Gasteiger partial charge in [0.1, 0.15) is 0 Å². The maximum atomic E-state index is 12.6. The molecule has 0 N–H and O–H groups in total. The summed E-state index contributed by atoms with van der Waals surface area (Å²) in [6.07, 6.45) is 6.94. The molecule has 0 saturated carbocycles. The Kier molecular flexibility index (Phi) is 5.28. The zero-order chi connectivity index (χ0) is 18.6. The largest absolute Gasteiger partial charge is 0.493 e. The van der Waals surface area contributed by atoms with Gasteiger partial charge in [-0.3, -0.25) is 9.78 Å². The molecule has 142 valence electrons. The number of hydrogen-bond donors (Lipinski definition) is 0. The van der Waals surface area contributed by atoms with Gasteiger partial charge in [0, 0.05) is 30.9 Å². The van der Waals surface area contributed by atoms with Crippen molar-refractivity contribution in [3.8, 4) is 11.5 Å². The number of pyridine rings is 1. The molecular formula is C22H26N2O3. The summed E-state index contributed by atoms with van der Waals surface area (Å²) in [5, 5.41) is 0. The Labute approximate surface area is 160 Å². The lowest BCUT2D eigenvalue weighted by atomic mass is 9.92. The second kappa shape index (κ2) is 7.99. The van der Waals surface area contributed by atoms with E-state index < -0.39 is 0 Å². The molecule has 0 radical (unpaired) electrons. The molecular weight excluding hydrogens is 340 g/mol. The van der Waals surface area contributed by atoms with Gasteiger partial charge in [-0.1, -0.05) is 12.1 Å². The molecule has 0 spiro atoms. The SMILES string of the molecule is COc1cccc2c1OCC(Cc1ccc(C(=O)N3CCCCC3)cn1)C2. The molecule has 1 aromatic heterocycles. The van der Waals surface area contributed by atoms with Crippen LogP contribution < -0.4 is 9.47 Å². The fourth-order valence-electron chi connectivity index (χ4n) is 4.00. The average Bonchev–Trinajstić information content (AvgIpc) is 2.74. The Morgan fingerprint density at radius 2 is 2.07 bits per heavy atom. The molecule has 0 aliphatic carbocycles. The van der Waals surface area contributed by atoms with E-state index in [-0.39, 0.29) is 5.91 Å². The Balaban J connectivity index is 1.39. The van der Waals surface area contributed by atoms with E-state index in [1.165, 1.54) is 12.0 Å². The highest BCUT2D eigenvalue weighted by Crippen LogP contribution is 2.36. The second-order valence-electron chi connectivity index (χ2n) is 7.42. The fraction of sp³-hybridized carbons (Fsp3) is 0.455. The van der Waals surface area contributed by atoms with Crippen LogP contribution in [-0.4, -0.2) is 42.6 Å². The summed E-state index contributed by atoms with van der Waals surface area (Å²) >= 11 is 0. The summed E-state index contributed by atoms with van der Waals surface area (Å²) in [6, 6.07) is 9.93. The van der Waals surface area contributed by atoms with E-state index in [9.17, 15) is 4.79 Å². The van der Waals surface area contributed by atoms with E-state index >= 15 is 0 Å². The Morgan fingerprint density at radius 1 is 1.22 bits per heavy atom. The summed E-state index contributed by atoms with van der Waals surface area (Å²) in [4.78, 5) is 19.0. The van der Waals surface area contributed by atoms with Crippen molar-refractivity contribution in [3.63, 3.8) is 0 Å². The van der Waals surface area contributed by atoms with E-state index in [0.717, 1.165) is 56.0 Å². The maximum Gasteiger partial charge on any atom is 0.255 e. The number of benzene rings is 1. The minimum Gasteiger partial charge on any atom is -0.493 e. The minimum absolute atomic E-state index is 0.107. The number of likely N-dealkylation sites (tertiary alicyclic amines) is 1. The minimum atomic E-state index is 0.107. The molecule has 2 aliphatic rings. The van der Waals surface area contributed by atoms with Crippen LogP contribution in [0.5, 0.6) is 11.5 Å². The van der Waals surface area contributed by atoms with Crippen molar-refractivity contribution < 1.29 is 14.3 Å². The number of nitrogens with zero attached hydrogens (tertiary/aromatic N) is 2. The number of hydrogen-bond acceptors (Lipinski definition) is 4. The van der Waals surface area contributed by atoms with Crippen LogP contribution in [0.15, 0.2) is 36.5 Å². The van der Waals surface area contributed by atoms with Crippen molar-refractivity contribution in [2.75, 3.05) is 26.8 Å². The molecule has 2 aliphatic heterocycles. The Hall–Kier alpha value is -2.56. The third-order valence-corrected chi connectivity index (χ3v) is 5.47. The average molecular weight is 366 g/mol. The maximum absolute atomic E-state index is 12.6. The van der Waals surface area contributed by atoms with Crippen molar-refractivity contribution in [3.05, 3.63) is 53.3 Å².